The van der Waals surface area contributed by atoms with Crippen molar-refractivity contribution in [1.82, 2.24) is 15.5 Å². The average molecular weight is 425 g/mol. The van der Waals surface area contributed by atoms with Gasteiger partial charge in [-0.1, -0.05) is 65.1 Å². The van der Waals surface area contributed by atoms with Gasteiger partial charge in [-0.05, 0) is 24.2 Å². The molecule has 1 heterocycles. The van der Waals surface area contributed by atoms with Crippen LogP contribution in [0.3, 0.4) is 0 Å². The van der Waals surface area contributed by atoms with Crippen LogP contribution in [0.1, 0.15) is 12.0 Å². The summed E-state index contributed by atoms with van der Waals surface area (Å²) in [5.74, 6) is -0.225. The van der Waals surface area contributed by atoms with Gasteiger partial charge in [0.15, 0.2) is 5.11 Å². The molecule has 1 aliphatic heterocycles. The molecule has 1 aliphatic rings. The molecule has 0 aliphatic carbocycles. The molecule has 2 rings (SSSR count). The van der Waals surface area contributed by atoms with Crippen LogP contribution in [0.5, 0.6) is 0 Å². The quantitative estimate of drug-likeness (QED) is 0.432. The van der Waals surface area contributed by atoms with Gasteiger partial charge in [-0.3, -0.25) is 4.79 Å². The van der Waals surface area contributed by atoms with Crippen LogP contribution in [-0.2, 0) is 16.0 Å². The number of ether oxygens (including phenoxy) is 1. The first-order valence-electron chi connectivity index (χ1n) is 7.89. The van der Waals surface area contributed by atoms with Crippen LogP contribution in [0.4, 0.5) is 0 Å². The molecule has 1 saturated heterocycles. The SMILES string of the molecule is O=C(CCc1ccccc1)NC(NC(=S)N1CCOCC1)C(Cl)(Cl)Cl. The summed E-state index contributed by atoms with van der Waals surface area (Å²) in [5, 5.41) is 6.06. The van der Waals surface area contributed by atoms with Crippen molar-refractivity contribution in [3.63, 3.8) is 0 Å². The van der Waals surface area contributed by atoms with E-state index >= 15 is 0 Å². The number of halogens is 3. The fourth-order valence-corrected chi connectivity index (χ4v) is 2.94. The van der Waals surface area contributed by atoms with E-state index in [0.717, 1.165) is 5.56 Å². The molecular weight excluding hydrogens is 405 g/mol. The predicted octanol–water partition coefficient (Wildman–Crippen LogP) is 2.64. The summed E-state index contributed by atoms with van der Waals surface area (Å²) >= 11 is 23.3. The van der Waals surface area contributed by atoms with Crippen molar-refractivity contribution in [3.8, 4) is 0 Å². The Kier molecular flexibility index (Phi) is 8.03. The highest BCUT2D eigenvalue weighted by molar-refractivity contribution is 7.80. The molecule has 25 heavy (non-hydrogen) atoms. The smallest absolute Gasteiger partial charge is 0.228 e. The molecule has 0 aromatic heterocycles. The Morgan fingerprint density at radius 3 is 2.44 bits per heavy atom. The minimum atomic E-state index is -1.74. The van der Waals surface area contributed by atoms with E-state index in [4.69, 9.17) is 51.8 Å². The first-order valence-corrected chi connectivity index (χ1v) is 9.43. The van der Waals surface area contributed by atoms with E-state index in [0.29, 0.717) is 37.8 Å². The second kappa shape index (κ2) is 9.78. The van der Waals surface area contributed by atoms with E-state index in [9.17, 15) is 4.79 Å². The van der Waals surface area contributed by atoms with Gasteiger partial charge in [-0.2, -0.15) is 0 Å². The number of amides is 1. The normalized spacial score (nSPS) is 16.2. The van der Waals surface area contributed by atoms with Gasteiger partial charge in [0.25, 0.3) is 0 Å². The number of alkyl halides is 3. The lowest BCUT2D eigenvalue weighted by atomic mass is 10.1. The molecule has 9 heteroatoms. The van der Waals surface area contributed by atoms with Gasteiger partial charge >= 0.3 is 0 Å². The summed E-state index contributed by atoms with van der Waals surface area (Å²) in [4.78, 5) is 14.1. The summed E-state index contributed by atoms with van der Waals surface area (Å²) < 4.78 is 3.55. The number of hydrogen-bond acceptors (Lipinski definition) is 3. The summed E-state index contributed by atoms with van der Waals surface area (Å²) in [7, 11) is 0. The van der Waals surface area contributed by atoms with Crippen molar-refractivity contribution in [2.75, 3.05) is 26.3 Å². The fraction of sp³-hybridized carbons (Fsp3) is 0.500. The number of aryl methyl sites for hydroxylation is 1. The molecule has 2 N–H and O–H groups in total. The second-order valence-corrected chi connectivity index (χ2v) is 8.33. The zero-order valence-electron chi connectivity index (χ0n) is 13.5. The molecule has 5 nitrogen and oxygen atoms in total. The Hall–Kier alpha value is -0.790. The Morgan fingerprint density at radius 1 is 1.20 bits per heavy atom. The molecule has 1 unspecified atom stereocenters. The topological polar surface area (TPSA) is 53.6 Å². The Balaban J connectivity index is 1.88. The van der Waals surface area contributed by atoms with Crippen LogP contribution in [0, 0.1) is 0 Å². The van der Waals surface area contributed by atoms with Gasteiger partial charge in [-0.25, -0.2) is 0 Å². The second-order valence-electron chi connectivity index (χ2n) is 5.58. The van der Waals surface area contributed by atoms with E-state index in [-0.39, 0.29) is 12.3 Å². The maximum Gasteiger partial charge on any atom is 0.228 e. The highest BCUT2D eigenvalue weighted by Crippen LogP contribution is 2.29. The summed E-state index contributed by atoms with van der Waals surface area (Å²) in [5.41, 5.74) is 1.07. The number of nitrogens with one attached hydrogen (secondary N) is 2. The van der Waals surface area contributed by atoms with Crippen LogP contribution < -0.4 is 10.6 Å². The van der Waals surface area contributed by atoms with E-state index in [1.165, 1.54) is 0 Å². The summed E-state index contributed by atoms with van der Waals surface area (Å²) in [6.45, 7) is 2.48. The Labute approximate surface area is 167 Å². The molecule has 138 valence electrons. The van der Waals surface area contributed by atoms with E-state index in [1.54, 1.807) is 0 Å². The number of carbonyl (C=O) groups excluding carboxylic acids is 1. The Bertz CT molecular complexity index is 578. The number of carbonyl (C=O) groups is 1. The number of nitrogens with zero attached hydrogens (tertiary/aromatic N) is 1. The highest BCUT2D eigenvalue weighted by atomic mass is 35.6. The molecule has 1 atom stereocenters. The molecular formula is C16H20Cl3N3O2S. The fourth-order valence-electron chi connectivity index (χ4n) is 2.32. The lowest BCUT2D eigenvalue weighted by molar-refractivity contribution is -0.121. The zero-order chi connectivity index (χ0) is 18.3. The monoisotopic (exact) mass is 423 g/mol. The molecule has 1 aromatic carbocycles. The minimum absolute atomic E-state index is 0.225. The number of thiocarbonyl (C=S) groups is 1. The van der Waals surface area contributed by atoms with Gasteiger partial charge in [0, 0.05) is 19.5 Å². The third-order valence-corrected chi connectivity index (χ3v) is 4.71. The van der Waals surface area contributed by atoms with Crippen molar-refractivity contribution in [3.05, 3.63) is 35.9 Å². The molecule has 0 bridgehead atoms. The van der Waals surface area contributed by atoms with Crippen LogP contribution in [-0.4, -0.2) is 52.2 Å². The molecule has 0 spiro atoms. The van der Waals surface area contributed by atoms with Gasteiger partial charge in [0.1, 0.15) is 6.17 Å². The van der Waals surface area contributed by atoms with Crippen molar-refractivity contribution < 1.29 is 9.53 Å². The van der Waals surface area contributed by atoms with Crippen LogP contribution in [0.2, 0.25) is 0 Å². The predicted molar refractivity (Wildman–Crippen MR) is 105 cm³/mol. The van der Waals surface area contributed by atoms with Gasteiger partial charge in [0.2, 0.25) is 9.70 Å². The minimum Gasteiger partial charge on any atom is -0.378 e. The lowest BCUT2D eigenvalue weighted by Gasteiger charge is -2.34. The van der Waals surface area contributed by atoms with E-state index in [2.05, 4.69) is 10.6 Å². The lowest BCUT2D eigenvalue weighted by Crippen LogP contribution is -2.59. The summed E-state index contributed by atoms with van der Waals surface area (Å²) in [6, 6.07) is 9.72. The van der Waals surface area contributed by atoms with Crippen molar-refractivity contribution in [2.45, 2.75) is 22.8 Å². The van der Waals surface area contributed by atoms with Crippen molar-refractivity contribution in [1.29, 1.82) is 0 Å². The third kappa shape index (κ3) is 7.15. The molecule has 1 fully saturated rings. The van der Waals surface area contributed by atoms with E-state index in [1.807, 2.05) is 35.2 Å². The standard InChI is InChI=1S/C16H20Cl3N3O2S/c17-16(18,19)14(21-15(25)22-8-10-24-11-9-22)20-13(23)7-6-12-4-2-1-3-5-12/h1-5,14H,6-11H2,(H,20,23)(H,21,25). The largest absolute Gasteiger partial charge is 0.378 e. The van der Waals surface area contributed by atoms with Crippen LogP contribution >= 0.6 is 47.0 Å². The zero-order valence-corrected chi connectivity index (χ0v) is 16.6. The van der Waals surface area contributed by atoms with Crippen LogP contribution in [0.15, 0.2) is 30.3 Å². The number of rotatable bonds is 5. The first-order chi connectivity index (χ1) is 11.9. The van der Waals surface area contributed by atoms with Crippen LogP contribution in [0.25, 0.3) is 0 Å². The average Bonchev–Trinajstić information content (AvgIpc) is 2.60. The molecule has 0 saturated carbocycles. The molecule has 0 radical (unpaired) electrons. The van der Waals surface area contributed by atoms with Gasteiger partial charge in [0.05, 0.1) is 13.2 Å². The summed E-state index contributed by atoms with van der Waals surface area (Å²) in [6.07, 6.45) is -0.0310. The number of benzene rings is 1. The van der Waals surface area contributed by atoms with Crippen molar-refractivity contribution >= 4 is 58.0 Å². The maximum absolute atomic E-state index is 12.2. The molecule has 1 amide bonds. The number of morpholine rings is 1. The van der Waals surface area contributed by atoms with Crippen molar-refractivity contribution in [2.24, 2.45) is 0 Å². The highest BCUT2D eigenvalue weighted by Gasteiger charge is 2.35. The Morgan fingerprint density at radius 2 is 1.84 bits per heavy atom. The van der Waals surface area contributed by atoms with Gasteiger partial charge in [-0.15, -0.1) is 0 Å². The number of hydrogen-bond donors (Lipinski definition) is 2. The third-order valence-electron chi connectivity index (χ3n) is 3.68. The van der Waals surface area contributed by atoms with E-state index < -0.39 is 9.96 Å². The maximum atomic E-state index is 12.2. The van der Waals surface area contributed by atoms with Gasteiger partial charge < -0.3 is 20.3 Å². The first kappa shape index (κ1) is 20.5. The molecule has 1 aromatic rings.